The summed E-state index contributed by atoms with van der Waals surface area (Å²) in [5.74, 6) is 0.620. The molecule has 0 bridgehead atoms. The number of rotatable bonds is 0. The molecular formula is C10H6Br2O2. The highest BCUT2D eigenvalue weighted by Crippen LogP contribution is 2.49. The summed E-state index contributed by atoms with van der Waals surface area (Å²) in [6.45, 7) is 0. The Bertz CT molecular complexity index is 492. The van der Waals surface area contributed by atoms with Crippen LogP contribution in [0.1, 0.15) is 10.4 Å². The summed E-state index contributed by atoms with van der Waals surface area (Å²) in [7, 11) is 0. The van der Waals surface area contributed by atoms with Gasteiger partial charge in [0.25, 0.3) is 5.95 Å². The van der Waals surface area contributed by atoms with Crippen LogP contribution in [-0.2, 0) is 0 Å². The van der Waals surface area contributed by atoms with Gasteiger partial charge in [0.15, 0.2) is 5.01 Å². The van der Waals surface area contributed by atoms with Gasteiger partial charge >= 0.3 is 0 Å². The summed E-state index contributed by atoms with van der Waals surface area (Å²) in [6.07, 6.45) is 0. The van der Waals surface area contributed by atoms with Crippen LogP contribution in [0.5, 0.6) is 5.95 Å². The monoisotopic (exact) mass is 316 g/mol. The van der Waals surface area contributed by atoms with Crippen molar-refractivity contribution >= 4 is 42.8 Å². The topological polar surface area (TPSA) is 22.4 Å². The summed E-state index contributed by atoms with van der Waals surface area (Å²) < 4.78 is 11.1. The van der Waals surface area contributed by atoms with Gasteiger partial charge in [-0.2, -0.15) is 0 Å². The lowest BCUT2D eigenvalue weighted by atomic mass is 10.1. The van der Waals surface area contributed by atoms with Crippen LogP contribution < -0.4 is 4.74 Å². The highest BCUT2D eigenvalue weighted by atomic mass is 79.9. The molecule has 1 aliphatic rings. The third-order valence-corrected chi connectivity index (χ3v) is 4.69. The van der Waals surface area contributed by atoms with Gasteiger partial charge in [0.2, 0.25) is 0 Å². The standard InChI is InChI=1S/C10H6Br2O2/c11-8-7-5-3-1-2-4-6(5)13-10(7)14-9(8)12/h1-4,8-9H. The van der Waals surface area contributed by atoms with Gasteiger partial charge in [-0.3, -0.25) is 0 Å². The van der Waals surface area contributed by atoms with Crippen LogP contribution in [0.15, 0.2) is 28.7 Å². The van der Waals surface area contributed by atoms with Crippen molar-refractivity contribution in [1.29, 1.82) is 0 Å². The fraction of sp³-hybridized carbons (Fsp3) is 0.200. The molecule has 14 heavy (non-hydrogen) atoms. The molecule has 0 fully saturated rings. The lowest BCUT2D eigenvalue weighted by Crippen LogP contribution is -2.04. The number of alkyl halides is 2. The third kappa shape index (κ3) is 1.07. The van der Waals surface area contributed by atoms with Gasteiger partial charge in [0, 0.05) is 5.39 Å². The van der Waals surface area contributed by atoms with Crippen molar-refractivity contribution in [2.45, 2.75) is 9.84 Å². The van der Waals surface area contributed by atoms with E-state index in [1.54, 1.807) is 0 Å². The van der Waals surface area contributed by atoms with Gasteiger partial charge in [-0.1, -0.05) is 34.1 Å². The number of hydrogen-bond donors (Lipinski definition) is 0. The number of ether oxygens (including phenoxy) is 1. The quantitative estimate of drug-likeness (QED) is 0.686. The Morgan fingerprint density at radius 1 is 1.14 bits per heavy atom. The molecule has 0 spiro atoms. The van der Waals surface area contributed by atoms with Crippen molar-refractivity contribution in [3.05, 3.63) is 29.8 Å². The Balaban J connectivity index is 2.32. The summed E-state index contributed by atoms with van der Waals surface area (Å²) >= 11 is 6.99. The molecule has 1 aliphatic heterocycles. The van der Waals surface area contributed by atoms with E-state index in [0.29, 0.717) is 5.95 Å². The first kappa shape index (κ1) is 8.80. The summed E-state index contributed by atoms with van der Waals surface area (Å²) in [5.41, 5.74) is 1.98. The van der Waals surface area contributed by atoms with Crippen molar-refractivity contribution in [3.8, 4) is 5.95 Å². The van der Waals surface area contributed by atoms with Crippen molar-refractivity contribution in [3.63, 3.8) is 0 Å². The third-order valence-electron chi connectivity index (χ3n) is 2.33. The maximum absolute atomic E-state index is 5.57. The SMILES string of the molecule is BrC1Oc2oc3ccccc3c2C1Br. The number of furan rings is 1. The maximum atomic E-state index is 5.57. The van der Waals surface area contributed by atoms with E-state index in [9.17, 15) is 0 Å². The molecule has 0 radical (unpaired) electrons. The van der Waals surface area contributed by atoms with Crippen molar-refractivity contribution in [2.24, 2.45) is 0 Å². The minimum Gasteiger partial charge on any atom is -0.448 e. The fourth-order valence-electron chi connectivity index (χ4n) is 1.68. The average Bonchev–Trinajstić information content (AvgIpc) is 2.65. The number of hydrogen-bond acceptors (Lipinski definition) is 2. The van der Waals surface area contributed by atoms with Crippen LogP contribution >= 0.6 is 31.9 Å². The number of benzene rings is 1. The van der Waals surface area contributed by atoms with Gasteiger partial charge in [-0.05, 0) is 22.0 Å². The predicted molar refractivity (Wildman–Crippen MR) is 61.2 cm³/mol. The molecule has 2 aromatic rings. The average molecular weight is 318 g/mol. The van der Waals surface area contributed by atoms with E-state index in [1.165, 1.54) is 0 Å². The van der Waals surface area contributed by atoms with E-state index in [-0.39, 0.29) is 9.84 Å². The molecular weight excluding hydrogens is 312 g/mol. The number of halogens is 2. The van der Waals surface area contributed by atoms with Crippen molar-refractivity contribution in [2.75, 3.05) is 0 Å². The Kier molecular flexibility index (Phi) is 1.89. The molecule has 3 rings (SSSR count). The Morgan fingerprint density at radius 2 is 1.93 bits per heavy atom. The van der Waals surface area contributed by atoms with E-state index >= 15 is 0 Å². The van der Waals surface area contributed by atoms with Crippen LogP contribution in [-0.4, -0.2) is 5.01 Å². The molecule has 4 heteroatoms. The lowest BCUT2D eigenvalue weighted by molar-refractivity contribution is 0.262. The van der Waals surface area contributed by atoms with E-state index in [1.807, 2.05) is 24.3 Å². The van der Waals surface area contributed by atoms with Gasteiger partial charge in [-0.25, -0.2) is 0 Å². The molecule has 0 saturated carbocycles. The van der Waals surface area contributed by atoms with Crippen LogP contribution in [0, 0.1) is 0 Å². The Hall–Kier alpha value is -0.480. The van der Waals surface area contributed by atoms with Crippen molar-refractivity contribution < 1.29 is 9.15 Å². The van der Waals surface area contributed by atoms with Gasteiger partial charge in [0.05, 0.1) is 10.4 Å². The van der Waals surface area contributed by atoms with E-state index in [4.69, 9.17) is 9.15 Å². The molecule has 2 heterocycles. The van der Waals surface area contributed by atoms with Crippen LogP contribution in [0.4, 0.5) is 0 Å². The van der Waals surface area contributed by atoms with Crippen LogP contribution in [0.2, 0.25) is 0 Å². The zero-order valence-electron chi connectivity index (χ0n) is 7.04. The smallest absolute Gasteiger partial charge is 0.291 e. The molecule has 0 N–H and O–H groups in total. The van der Waals surface area contributed by atoms with Crippen LogP contribution in [0.25, 0.3) is 11.0 Å². The number of fused-ring (bicyclic) bond motifs is 3. The number of para-hydroxylation sites is 1. The van der Waals surface area contributed by atoms with Crippen molar-refractivity contribution in [1.82, 2.24) is 0 Å². The summed E-state index contributed by atoms with van der Waals surface area (Å²) in [6, 6.07) is 7.94. The molecule has 0 amide bonds. The molecule has 1 aromatic carbocycles. The van der Waals surface area contributed by atoms with Crippen LogP contribution in [0.3, 0.4) is 0 Å². The second kappa shape index (κ2) is 3.00. The minimum absolute atomic E-state index is 0.0409. The first-order valence-electron chi connectivity index (χ1n) is 4.23. The van der Waals surface area contributed by atoms with E-state index in [2.05, 4.69) is 31.9 Å². The second-order valence-corrected chi connectivity index (χ2v) is 5.06. The van der Waals surface area contributed by atoms with E-state index in [0.717, 1.165) is 16.5 Å². The first-order chi connectivity index (χ1) is 6.77. The highest BCUT2D eigenvalue weighted by Gasteiger charge is 2.35. The fourth-order valence-corrected chi connectivity index (χ4v) is 2.66. The Morgan fingerprint density at radius 3 is 2.79 bits per heavy atom. The molecule has 0 saturated heterocycles. The zero-order chi connectivity index (χ0) is 9.71. The van der Waals surface area contributed by atoms with Gasteiger partial charge < -0.3 is 9.15 Å². The first-order valence-corrected chi connectivity index (χ1v) is 6.07. The normalized spacial score (nSPS) is 25.0. The highest BCUT2D eigenvalue weighted by molar-refractivity contribution is 9.12. The zero-order valence-corrected chi connectivity index (χ0v) is 10.2. The molecule has 72 valence electrons. The molecule has 0 aliphatic carbocycles. The van der Waals surface area contributed by atoms with E-state index < -0.39 is 0 Å². The van der Waals surface area contributed by atoms with Gasteiger partial charge in [-0.15, -0.1) is 0 Å². The maximum Gasteiger partial charge on any atom is 0.291 e. The molecule has 2 atom stereocenters. The molecule has 1 aromatic heterocycles. The summed E-state index contributed by atoms with van der Waals surface area (Å²) in [4.78, 5) is 0.154. The molecule has 2 nitrogen and oxygen atoms in total. The van der Waals surface area contributed by atoms with Gasteiger partial charge in [0.1, 0.15) is 5.58 Å². The second-order valence-electron chi connectivity index (χ2n) is 3.17. The summed E-state index contributed by atoms with van der Waals surface area (Å²) in [5, 5.41) is 1.08. The molecule has 2 unspecified atom stereocenters. The predicted octanol–water partition coefficient (Wildman–Crippen LogP) is 3.98. The minimum atomic E-state index is -0.0409. The largest absolute Gasteiger partial charge is 0.448 e. The lowest BCUT2D eigenvalue weighted by Gasteiger charge is -2.04. The Labute approximate surface area is 97.5 Å².